The zero-order valence-corrected chi connectivity index (χ0v) is 8.36. The summed E-state index contributed by atoms with van der Waals surface area (Å²) in [7, 11) is -3.31. The van der Waals surface area contributed by atoms with Crippen molar-refractivity contribution in [2.45, 2.75) is 12.8 Å². The maximum Gasteiger partial charge on any atom is 0.319 e. The molecule has 0 aliphatic heterocycles. The van der Waals surface area contributed by atoms with Crippen molar-refractivity contribution in [1.82, 2.24) is 0 Å². The van der Waals surface area contributed by atoms with E-state index in [1.807, 2.05) is 0 Å². The molecule has 12 heavy (non-hydrogen) atoms. The van der Waals surface area contributed by atoms with Gasteiger partial charge in [0.05, 0.1) is 0 Å². The van der Waals surface area contributed by atoms with E-state index in [4.69, 9.17) is 9.29 Å². The summed E-state index contributed by atoms with van der Waals surface area (Å²) in [4.78, 5) is 0. The molecule has 0 aromatic carbocycles. The first-order valence-corrected chi connectivity index (χ1v) is 6.49. The largest absolute Gasteiger partial charge is 0.381 e. The van der Waals surface area contributed by atoms with Crippen LogP contribution in [0, 0.1) is 6.92 Å². The molecule has 4 nitrogen and oxygen atoms in total. The average Bonchev–Trinajstić information content (AvgIpc) is 1.94. The van der Waals surface area contributed by atoms with Crippen LogP contribution in [0.5, 0.6) is 0 Å². The molecule has 73 valence electrons. The van der Waals surface area contributed by atoms with E-state index in [0.717, 1.165) is 6.42 Å². The summed E-state index contributed by atoms with van der Waals surface area (Å²) in [5, 5.41) is 0. The Balaban J connectivity index is 3.12. The second kappa shape index (κ2) is 6.71. The van der Waals surface area contributed by atoms with Crippen LogP contribution < -0.4 is 0 Å². The Morgan fingerprint density at radius 1 is 1.42 bits per heavy atom. The Hall–Kier alpha value is 0.220. The molecule has 0 saturated heterocycles. The van der Waals surface area contributed by atoms with Gasteiger partial charge in [-0.25, -0.2) is 0 Å². The van der Waals surface area contributed by atoms with Crippen molar-refractivity contribution >= 4 is 19.9 Å². The third kappa shape index (κ3) is 10.2. The van der Waals surface area contributed by atoms with E-state index in [9.17, 15) is 8.42 Å². The lowest BCUT2D eigenvalue weighted by Crippen LogP contribution is -1.96. The molecule has 1 N–H and O–H groups in total. The van der Waals surface area contributed by atoms with Crippen LogP contribution in [0.25, 0.3) is 0 Å². The van der Waals surface area contributed by atoms with Crippen LogP contribution in [0.15, 0.2) is 0 Å². The lowest BCUT2D eigenvalue weighted by atomic mass is 10.4. The number of unbranched alkanes of at least 4 members (excludes halogenated alkanes) is 1. The van der Waals surface area contributed by atoms with Crippen LogP contribution in [0.4, 0.5) is 0 Å². The first-order chi connectivity index (χ1) is 5.56. The number of hydrogen-bond donors (Lipinski definition) is 1. The van der Waals surface area contributed by atoms with Crippen LogP contribution in [0.1, 0.15) is 12.8 Å². The van der Waals surface area contributed by atoms with Crippen molar-refractivity contribution in [2.24, 2.45) is 0 Å². The second-order valence-corrected chi connectivity index (χ2v) is 5.54. The monoisotopic (exact) mass is 213 g/mol. The molecule has 0 aromatic heterocycles. The van der Waals surface area contributed by atoms with Crippen molar-refractivity contribution in [3.8, 4) is 0 Å². The van der Waals surface area contributed by atoms with E-state index in [1.165, 1.54) is 0 Å². The number of rotatable bonds is 7. The Bertz CT molecular complexity index is 188. The van der Waals surface area contributed by atoms with E-state index >= 15 is 0 Å². The van der Waals surface area contributed by atoms with Gasteiger partial charge in [0.2, 0.25) is 0 Å². The van der Waals surface area contributed by atoms with Gasteiger partial charge >= 0.3 is 9.15 Å². The predicted octanol–water partition coefficient (Wildman–Crippen LogP) is 1.15. The highest BCUT2D eigenvalue weighted by Crippen LogP contribution is 2.11. The predicted molar refractivity (Wildman–Crippen MR) is 49.4 cm³/mol. The fourth-order valence-corrected chi connectivity index (χ4v) is 2.09. The molecule has 6 heteroatoms. The average molecular weight is 213 g/mol. The number of ether oxygens (including phenoxy) is 1. The SMILES string of the molecule is [CH2]COCCCCSS(=O)(=O)O. The van der Waals surface area contributed by atoms with Crippen molar-refractivity contribution in [1.29, 1.82) is 0 Å². The highest BCUT2D eigenvalue weighted by Gasteiger charge is 2.03. The van der Waals surface area contributed by atoms with Crippen molar-refractivity contribution in [2.75, 3.05) is 19.0 Å². The fourth-order valence-electron chi connectivity index (χ4n) is 0.572. The standard InChI is InChI=1S/C6H13O4S2/c1-2-10-5-3-4-6-11-12(7,8)9/h1-6H2,(H,7,8,9). The fraction of sp³-hybridized carbons (Fsp3) is 0.833. The highest BCUT2D eigenvalue weighted by molar-refractivity contribution is 8.69. The van der Waals surface area contributed by atoms with E-state index in [2.05, 4.69) is 6.92 Å². The van der Waals surface area contributed by atoms with Crippen LogP contribution in [0.2, 0.25) is 0 Å². The van der Waals surface area contributed by atoms with Gasteiger partial charge in [-0.1, -0.05) is 0 Å². The van der Waals surface area contributed by atoms with E-state index in [1.54, 1.807) is 0 Å². The third-order valence-electron chi connectivity index (χ3n) is 1.06. The molecule has 0 fully saturated rings. The lowest BCUT2D eigenvalue weighted by molar-refractivity contribution is 0.158. The van der Waals surface area contributed by atoms with E-state index in [0.29, 0.717) is 36.2 Å². The minimum absolute atomic E-state index is 0.402. The summed E-state index contributed by atoms with van der Waals surface area (Å²) in [5.41, 5.74) is 0. The topological polar surface area (TPSA) is 63.6 Å². The lowest BCUT2D eigenvalue weighted by Gasteiger charge is -1.99. The van der Waals surface area contributed by atoms with Gasteiger partial charge < -0.3 is 4.74 Å². The molecule has 1 radical (unpaired) electrons. The summed E-state index contributed by atoms with van der Waals surface area (Å²) in [6.45, 7) is 4.51. The Labute approximate surface area is 76.8 Å². The molecule has 0 saturated carbocycles. The maximum atomic E-state index is 10.2. The molecule has 0 heterocycles. The van der Waals surface area contributed by atoms with Gasteiger partial charge in [0.25, 0.3) is 0 Å². The van der Waals surface area contributed by atoms with Gasteiger partial charge in [-0.2, -0.15) is 8.42 Å². The van der Waals surface area contributed by atoms with Crippen LogP contribution in [-0.4, -0.2) is 31.9 Å². The van der Waals surface area contributed by atoms with Gasteiger partial charge in [0.1, 0.15) is 0 Å². The Morgan fingerprint density at radius 3 is 2.58 bits per heavy atom. The molecule has 0 aliphatic carbocycles. The second-order valence-electron chi connectivity index (χ2n) is 2.07. The first kappa shape index (κ1) is 12.2. The van der Waals surface area contributed by atoms with Crippen molar-refractivity contribution in [3.05, 3.63) is 6.92 Å². The van der Waals surface area contributed by atoms with E-state index in [-0.39, 0.29) is 0 Å². The van der Waals surface area contributed by atoms with Crippen molar-refractivity contribution in [3.63, 3.8) is 0 Å². The van der Waals surface area contributed by atoms with Gasteiger partial charge in [-0.3, -0.25) is 4.55 Å². The highest BCUT2D eigenvalue weighted by atomic mass is 33.1. The smallest absolute Gasteiger partial charge is 0.319 e. The van der Waals surface area contributed by atoms with Crippen LogP contribution in [0.3, 0.4) is 0 Å². The maximum absolute atomic E-state index is 10.2. The molecule has 0 rings (SSSR count). The van der Waals surface area contributed by atoms with E-state index < -0.39 is 9.15 Å². The molecular formula is C6H13O4S2. The Morgan fingerprint density at radius 2 is 2.08 bits per heavy atom. The van der Waals surface area contributed by atoms with Gasteiger partial charge in [-0.05, 0) is 30.6 Å². The summed E-state index contributed by atoms with van der Waals surface area (Å²) in [5.74, 6) is 0.402. The first-order valence-electron chi connectivity index (χ1n) is 3.55. The summed E-state index contributed by atoms with van der Waals surface area (Å²) < 4.78 is 33.6. The third-order valence-corrected chi connectivity index (χ3v) is 3.21. The molecule has 0 unspecified atom stereocenters. The van der Waals surface area contributed by atoms with Gasteiger partial charge in [-0.15, -0.1) is 0 Å². The van der Waals surface area contributed by atoms with Crippen LogP contribution in [-0.2, 0) is 13.9 Å². The minimum Gasteiger partial charge on any atom is -0.381 e. The molecule has 0 amide bonds. The molecule has 0 aliphatic rings. The summed E-state index contributed by atoms with van der Waals surface area (Å²) >= 11 is 0. The molecule has 0 spiro atoms. The summed E-state index contributed by atoms with van der Waals surface area (Å²) in [6.07, 6.45) is 1.50. The van der Waals surface area contributed by atoms with Crippen LogP contribution >= 0.6 is 10.8 Å². The molecule has 0 aromatic rings. The minimum atomic E-state index is -3.85. The van der Waals surface area contributed by atoms with Gasteiger partial charge in [0.15, 0.2) is 0 Å². The molecule has 0 atom stereocenters. The quantitative estimate of drug-likeness (QED) is 0.390. The Kier molecular flexibility index (Phi) is 6.83. The normalized spacial score (nSPS) is 11.8. The zero-order chi connectivity index (χ0) is 9.45. The van der Waals surface area contributed by atoms with Gasteiger partial charge in [0, 0.05) is 19.0 Å². The summed E-state index contributed by atoms with van der Waals surface area (Å²) in [6, 6.07) is 0. The molecular weight excluding hydrogens is 200 g/mol. The molecule has 0 bridgehead atoms. The zero-order valence-electron chi connectivity index (χ0n) is 6.73. The number of hydrogen-bond acceptors (Lipinski definition) is 4. The van der Waals surface area contributed by atoms with Crippen molar-refractivity contribution < 1.29 is 17.7 Å².